The number of benzene rings is 1. The van der Waals surface area contributed by atoms with Gasteiger partial charge < -0.3 is 10.5 Å². The highest BCUT2D eigenvalue weighted by atomic mass is 79.9. The summed E-state index contributed by atoms with van der Waals surface area (Å²) >= 11 is 3.40. The van der Waals surface area contributed by atoms with Gasteiger partial charge in [-0.15, -0.1) is 0 Å². The molecule has 0 radical (unpaired) electrons. The molecule has 3 nitrogen and oxygen atoms in total. The van der Waals surface area contributed by atoms with E-state index in [9.17, 15) is 4.39 Å². The van der Waals surface area contributed by atoms with Crippen LogP contribution in [0.2, 0.25) is 0 Å². The largest absolute Gasteiger partial charge is 0.378 e. The van der Waals surface area contributed by atoms with Gasteiger partial charge in [-0.1, -0.05) is 15.9 Å². The molecular formula is C14H20BrFN2O. The van der Waals surface area contributed by atoms with Crippen molar-refractivity contribution in [3.8, 4) is 0 Å². The number of morpholine rings is 1. The number of nitrogens with two attached hydrogens (primary N) is 1. The molecule has 0 amide bonds. The molecule has 19 heavy (non-hydrogen) atoms. The fraction of sp³-hybridized carbons (Fsp3) is 0.571. The van der Waals surface area contributed by atoms with Crippen molar-refractivity contribution in [2.45, 2.75) is 25.4 Å². The minimum atomic E-state index is -0.207. The molecule has 2 rings (SSSR count). The second-order valence-electron chi connectivity index (χ2n) is 5.48. The third kappa shape index (κ3) is 3.16. The van der Waals surface area contributed by atoms with Crippen LogP contribution in [0.15, 0.2) is 22.7 Å². The first-order chi connectivity index (χ1) is 8.95. The van der Waals surface area contributed by atoms with E-state index >= 15 is 0 Å². The van der Waals surface area contributed by atoms with Crippen LogP contribution < -0.4 is 5.73 Å². The Labute approximate surface area is 122 Å². The second kappa shape index (κ2) is 5.87. The number of halogens is 2. The Morgan fingerprint density at radius 1 is 1.53 bits per heavy atom. The molecule has 1 aliphatic heterocycles. The van der Waals surface area contributed by atoms with Gasteiger partial charge >= 0.3 is 0 Å². The number of ether oxygens (including phenoxy) is 1. The molecule has 1 aromatic rings. The van der Waals surface area contributed by atoms with Crippen LogP contribution in [0, 0.1) is 5.82 Å². The van der Waals surface area contributed by atoms with Crippen molar-refractivity contribution >= 4 is 15.9 Å². The zero-order valence-electron chi connectivity index (χ0n) is 11.3. The normalized spacial score (nSPS) is 21.3. The standard InChI is InChI=1S/C14H20BrFN2O/c1-14(2)9-19-6-5-18(14)13(8-17)11-7-10(15)3-4-12(11)16/h3-4,7,13H,5-6,8-9,17H2,1-2H3. The minimum Gasteiger partial charge on any atom is -0.378 e. The molecule has 1 saturated heterocycles. The molecule has 0 bridgehead atoms. The average Bonchev–Trinajstić information content (AvgIpc) is 2.36. The van der Waals surface area contributed by atoms with Crippen molar-refractivity contribution in [1.29, 1.82) is 0 Å². The Bertz CT molecular complexity index is 453. The van der Waals surface area contributed by atoms with E-state index in [1.165, 1.54) is 6.07 Å². The number of rotatable bonds is 3. The van der Waals surface area contributed by atoms with Crippen molar-refractivity contribution < 1.29 is 9.13 Å². The van der Waals surface area contributed by atoms with Crippen molar-refractivity contribution in [1.82, 2.24) is 4.90 Å². The quantitative estimate of drug-likeness (QED) is 0.926. The van der Waals surface area contributed by atoms with Crippen LogP contribution in [0.25, 0.3) is 0 Å². The molecule has 0 aliphatic carbocycles. The van der Waals surface area contributed by atoms with Gasteiger partial charge in [0.15, 0.2) is 0 Å². The first kappa shape index (κ1) is 14.9. The summed E-state index contributed by atoms with van der Waals surface area (Å²) in [6.45, 7) is 6.65. The fourth-order valence-corrected chi connectivity index (χ4v) is 3.02. The Morgan fingerprint density at radius 3 is 2.89 bits per heavy atom. The van der Waals surface area contributed by atoms with Crippen molar-refractivity contribution in [2.75, 3.05) is 26.3 Å². The summed E-state index contributed by atoms with van der Waals surface area (Å²) in [5.41, 5.74) is 6.41. The lowest BCUT2D eigenvalue weighted by atomic mass is 9.95. The topological polar surface area (TPSA) is 38.5 Å². The molecule has 5 heteroatoms. The summed E-state index contributed by atoms with van der Waals surface area (Å²) in [4.78, 5) is 2.24. The zero-order chi connectivity index (χ0) is 14.0. The lowest BCUT2D eigenvalue weighted by Gasteiger charge is -2.46. The molecule has 1 aliphatic rings. The van der Waals surface area contributed by atoms with E-state index < -0.39 is 0 Å². The molecule has 2 N–H and O–H groups in total. The van der Waals surface area contributed by atoms with Crippen LogP contribution >= 0.6 is 15.9 Å². The van der Waals surface area contributed by atoms with Crippen LogP contribution in [0.4, 0.5) is 4.39 Å². The van der Waals surface area contributed by atoms with E-state index in [4.69, 9.17) is 10.5 Å². The number of hydrogen-bond acceptors (Lipinski definition) is 3. The summed E-state index contributed by atoms with van der Waals surface area (Å²) in [5.74, 6) is -0.207. The molecule has 1 unspecified atom stereocenters. The predicted octanol–water partition coefficient (Wildman–Crippen LogP) is 2.70. The molecule has 106 valence electrons. The van der Waals surface area contributed by atoms with Crippen LogP contribution in [-0.4, -0.2) is 36.7 Å². The summed E-state index contributed by atoms with van der Waals surface area (Å²) in [6.07, 6.45) is 0. The number of hydrogen-bond donors (Lipinski definition) is 1. The van der Waals surface area contributed by atoms with Gasteiger partial charge in [-0.2, -0.15) is 0 Å². The van der Waals surface area contributed by atoms with Gasteiger partial charge in [0, 0.05) is 28.7 Å². The second-order valence-corrected chi connectivity index (χ2v) is 6.39. The maximum atomic E-state index is 14.1. The minimum absolute atomic E-state index is 0.128. The van der Waals surface area contributed by atoms with Gasteiger partial charge in [-0.05, 0) is 32.0 Å². The van der Waals surface area contributed by atoms with Gasteiger partial charge in [0.1, 0.15) is 5.82 Å². The molecule has 1 aromatic carbocycles. The first-order valence-corrected chi connectivity index (χ1v) is 7.24. The smallest absolute Gasteiger partial charge is 0.128 e. The molecule has 0 aromatic heterocycles. The van der Waals surface area contributed by atoms with Crippen LogP contribution in [0.3, 0.4) is 0 Å². The molecular weight excluding hydrogens is 311 g/mol. The maximum absolute atomic E-state index is 14.1. The third-order valence-corrected chi connectivity index (χ3v) is 4.12. The van der Waals surface area contributed by atoms with Crippen molar-refractivity contribution in [3.63, 3.8) is 0 Å². The molecule has 1 fully saturated rings. The Balaban J connectivity index is 2.35. The van der Waals surface area contributed by atoms with Crippen LogP contribution in [-0.2, 0) is 4.74 Å². The first-order valence-electron chi connectivity index (χ1n) is 6.45. The van der Waals surface area contributed by atoms with Gasteiger partial charge in [-0.25, -0.2) is 4.39 Å². The fourth-order valence-electron chi connectivity index (χ4n) is 2.64. The summed E-state index contributed by atoms with van der Waals surface area (Å²) in [5, 5.41) is 0. The highest BCUT2D eigenvalue weighted by Gasteiger charge is 2.36. The molecule has 0 spiro atoms. The lowest BCUT2D eigenvalue weighted by molar-refractivity contribution is -0.0718. The van der Waals surface area contributed by atoms with E-state index in [0.717, 1.165) is 11.0 Å². The third-order valence-electron chi connectivity index (χ3n) is 3.63. The van der Waals surface area contributed by atoms with Crippen molar-refractivity contribution in [2.24, 2.45) is 5.73 Å². The van der Waals surface area contributed by atoms with E-state index in [1.807, 2.05) is 6.07 Å². The highest BCUT2D eigenvalue weighted by molar-refractivity contribution is 9.10. The van der Waals surface area contributed by atoms with Gasteiger partial charge in [0.2, 0.25) is 0 Å². The molecule has 1 atom stereocenters. The van der Waals surface area contributed by atoms with E-state index in [-0.39, 0.29) is 17.4 Å². The predicted molar refractivity (Wildman–Crippen MR) is 77.5 cm³/mol. The SMILES string of the molecule is CC1(C)COCCN1C(CN)c1cc(Br)ccc1F. The maximum Gasteiger partial charge on any atom is 0.128 e. The number of nitrogens with zero attached hydrogens (tertiary/aromatic N) is 1. The molecule has 1 heterocycles. The summed E-state index contributed by atoms with van der Waals surface area (Å²) in [7, 11) is 0. The van der Waals surface area contributed by atoms with Gasteiger partial charge in [-0.3, -0.25) is 4.90 Å². The van der Waals surface area contributed by atoms with Gasteiger partial charge in [0.05, 0.1) is 19.3 Å². The Hall–Kier alpha value is -0.490. The van der Waals surface area contributed by atoms with E-state index in [1.54, 1.807) is 6.07 Å². The highest BCUT2D eigenvalue weighted by Crippen LogP contribution is 2.32. The monoisotopic (exact) mass is 330 g/mol. The zero-order valence-corrected chi connectivity index (χ0v) is 12.9. The Morgan fingerprint density at radius 2 is 2.26 bits per heavy atom. The molecule has 0 saturated carbocycles. The summed E-state index contributed by atoms with van der Waals surface area (Å²) in [6, 6.07) is 4.88. The van der Waals surface area contributed by atoms with E-state index in [0.29, 0.717) is 25.3 Å². The van der Waals surface area contributed by atoms with Crippen LogP contribution in [0.5, 0.6) is 0 Å². The average molecular weight is 331 g/mol. The van der Waals surface area contributed by atoms with Gasteiger partial charge in [0.25, 0.3) is 0 Å². The van der Waals surface area contributed by atoms with E-state index in [2.05, 4.69) is 34.7 Å². The summed E-state index contributed by atoms with van der Waals surface area (Å²) < 4.78 is 20.5. The van der Waals surface area contributed by atoms with Crippen molar-refractivity contribution in [3.05, 3.63) is 34.1 Å². The Kier molecular flexibility index (Phi) is 4.61. The van der Waals surface area contributed by atoms with Crippen LogP contribution in [0.1, 0.15) is 25.5 Å². The lowest BCUT2D eigenvalue weighted by Crippen LogP contribution is -2.55.